The lowest BCUT2D eigenvalue weighted by Gasteiger charge is -2.31. The molecule has 28 heavy (non-hydrogen) atoms. The monoisotopic (exact) mass is 420 g/mol. The number of nitrogens with zero attached hydrogens (tertiary/aromatic N) is 3. The van der Waals surface area contributed by atoms with Crippen molar-refractivity contribution in [2.24, 2.45) is 5.92 Å². The molecule has 2 aromatic rings. The number of hydrogen-bond acceptors (Lipinski definition) is 7. The van der Waals surface area contributed by atoms with Crippen LogP contribution in [0.15, 0.2) is 24.3 Å². The number of hydrogen-bond donors (Lipinski definition) is 1. The zero-order valence-electron chi connectivity index (χ0n) is 16.7. The van der Waals surface area contributed by atoms with Crippen LogP contribution < -0.4 is 5.32 Å². The Balaban J connectivity index is 1.62. The molecule has 2 heterocycles. The van der Waals surface area contributed by atoms with E-state index in [4.69, 9.17) is 17.0 Å². The number of ether oxygens (including phenoxy) is 1. The number of nitrogens with one attached hydrogen (secondary N) is 1. The molecule has 0 spiro atoms. The van der Waals surface area contributed by atoms with Crippen molar-refractivity contribution < 1.29 is 9.53 Å². The van der Waals surface area contributed by atoms with E-state index < -0.39 is 0 Å². The number of piperidine rings is 1. The molecule has 6 nitrogen and oxygen atoms in total. The maximum atomic E-state index is 12.0. The summed E-state index contributed by atoms with van der Waals surface area (Å²) in [5.74, 6) is 0.359. The van der Waals surface area contributed by atoms with Crippen molar-refractivity contribution in [2.45, 2.75) is 46.2 Å². The SMILES string of the molecule is CCOC(=O)[C@H]1CCCN(Cn2nc(Nc3ccc(C(C)C)cc3)sc2=S)C1. The fourth-order valence-corrected chi connectivity index (χ4v) is 4.36. The lowest BCUT2D eigenvalue weighted by atomic mass is 9.99. The molecule has 1 atom stereocenters. The molecule has 1 fully saturated rings. The zero-order valence-corrected chi connectivity index (χ0v) is 18.3. The van der Waals surface area contributed by atoms with Crippen LogP contribution in [0.5, 0.6) is 0 Å². The second-order valence-corrected chi connectivity index (χ2v) is 9.01. The molecule has 152 valence electrons. The van der Waals surface area contributed by atoms with Crippen LogP contribution in [0.2, 0.25) is 0 Å². The predicted octanol–water partition coefficient (Wildman–Crippen LogP) is 4.77. The van der Waals surface area contributed by atoms with E-state index >= 15 is 0 Å². The first-order valence-corrected chi connectivity index (χ1v) is 11.0. The summed E-state index contributed by atoms with van der Waals surface area (Å²) in [6.07, 6.45) is 1.87. The Morgan fingerprint density at radius 3 is 2.82 bits per heavy atom. The molecule has 1 saturated heterocycles. The number of rotatable bonds is 7. The molecule has 1 aliphatic rings. The first-order valence-electron chi connectivity index (χ1n) is 9.80. The maximum Gasteiger partial charge on any atom is 0.310 e. The highest BCUT2D eigenvalue weighted by atomic mass is 32.1. The van der Waals surface area contributed by atoms with Gasteiger partial charge in [-0.1, -0.05) is 37.3 Å². The van der Waals surface area contributed by atoms with E-state index in [-0.39, 0.29) is 11.9 Å². The number of likely N-dealkylation sites (tertiary alicyclic amines) is 1. The Morgan fingerprint density at radius 1 is 1.39 bits per heavy atom. The maximum absolute atomic E-state index is 12.0. The zero-order chi connectivity index (χ0) is 20.1. The van der Waals surface area contributed by atoms with Gasteiger partial charge in [-0.25, -0.2) is 4.68 Å². The number of anilines is 2. The Morgan fingerprint density at radius 2 is 2.14 bits per heavy atom. The second kappa shape index (κ2) is 9.62. The van der Waals surface area contributed by atoms with Crippen LogP contribution >= 0.6 is 23.6 Å². The normalized spacial score (nSPS) is 17.6. The van der Waals surface area contributed by atoms with E-state index in [1.807, 2.05) is 11.6 Å². The van der Waals surface area contributed by atoms with Gasteiger partial charge in [0.05, 0.1) is 19.2 Å². The van der Waals surface area contributed by atoms with Gasteiger partial charge >= 0.3 is 5.97 Å². The van der Waals surface area contributed by atoms with Gasteiger partial charge in [0.15, 0.2) is 3.95 Å². The van der Waals surface area contributed by atoms with Crippen LogP contribution in [0.1, 0.15) is 45.1 Å². The molecular formula is C20H28N4O2S2. The summed E-state index contributed by atoms with van der Waals surface area (Å²) in [7, 11) is 0. The Bertz CT molecular complexity index is 845. The van der Waals surface area contributed by atoms with Gasteiger partial charge in [-0.05, 0) is 62.1 Å². The van der Waals surface area contributed by atoms with E-state index in [1.165, 1.54) is 16.9 Å². The number of carbonyl (C=O) groups excluding carboxylic acids is 1. The molecule has 1 N–H and O–H groups in total. The van der Waals surface area contributed by atoms with Gasteiger partial charge in [0.1, 0.15) is 0 Å². The van der Waals surface area contributed by atoms with Gasteiger partial charge in [0.25, 0.3) is 0 Å². The molecule has 0 bridgehead atoms. The third-order valence-corrected chi connectivity index (χ3v) is 6.12. The smallest absolute Gasteiger partial charge is 0.310 e. The van der Waals surface area contributed by atoms with Gasteiger partial charge in [-0.3, -0.25) is 9.69 Å². The van der Waals surface area contributed by atoms with E-state index in [0.717, 1.165) is 34.2 Å². The van der Waals surface area contributed by atoms with Crippen molar-refractivity contribution in [1.29, 1.82) is 0 Å². The highest BCUT2D eigenvalue weighted by Crippen LogP contribution is 2.24. The van der Waals surface area contributed by atoms with Crippen LogP contribution in [0.25, 0.3) is 0 Å². The minimum absolute atomic E-state index is 0.0569. The summed E-state index contributed by atoms with van der Waals surface area (Å²) >= 11 is 6.96. The van der Waals surface area contributed by atoms with Gasteiger partial charge in [0, 0.05) is 12.2 Å². The van der Waals surface area contributed by atoms with Gasteiger partial charge in [-0.15, -0.1) is 5.10 Å². The average Bonchev–Trinajstić information content (AvgIpc) is 3.01. The number of esters is 1. The molecule has 0 amide bonds. The molecule has 0 aliphatic carbocycles. The van der Waals surface area contributed by atoms with Gasteiger partial charge in [0.2, 0.25) is 5.13 Å². The lowest BCUT2D eigenvalue weighted by molar-refractivity contribution is -0.150. The van der Waals surface area contributed by atoms with E-state index in [1.54, 1.807) is 0 Å². The summed E-state index contributed by atoms with van der Waals surface area (Å²) in [6.45, 7) is 8.87. The molecule has 1 aromatic heterocycles. The highest BCUT2D eigenvalue weighted by Gasteiger charge is 2.27. The predicted molar refractivity (Wildman–Crippen MR) is 116 cm³/mol. The third kappa shape index (κ3) is 5.40. The lowest BCUT2D eigenvalue weighted by Crippen LogP contribution is -2.40. The van der Waals surface area contributed by atoms with Crippen LogP contribution in [-0.2, 0) is 16.2 Å². The molecule has 3 rings (SSSR count). The topological polar surface area (TPSA) is 59.4 Å². The molecule has 0 unspecified atom stereocenters. The van der Waals surface area contributed by atoms with Crippen molar-refractivity contribution in [3.8, 4) is 0 Å². The van der Waals surface area contributed by atoms with Gasteiger partial charge in [-0.2, -0.15) is 0 Å². The van der Waals surface area contributed by atoms with Crippen molar-refractivity contribution in [1.82, 2.24) is 14.7 Å². The molecule has 1 aromatic carbocycles. The van der Waals surface area contributed by atoms with Crippen LogP contribution in [-0.4, -0.2) is 40.3 Å². The summed E-state index contributed by atoms with van der Waals surface area (Å²) in [6, 6.07) is 8.40. The van der Waals surface area contributed by atoms with Crippen molar-refractivity contribution in [3.05, 3.63) is 33.8 Å². The largest absolute Gasteiger partial charge is 0.466 e. The summed E-state index contributed by atoms with van der Waals surface area (Å²) in [4.78, 5) is 14.3. The van der Waals surface area contributed by atoms with E-state index in [0.29, 0.717) is 25.7 Å². The van der Waals surface area contributed by atoms with Crippen LogP contribution in [0.4, 0.5) is 10.8 Å². The second-order valence-electron chi connectivity index (χ2n) is 7.38. The summed E-state index contributed by atoms with van der Waals surface area (Å²) < 4.78 is 7.73. The summed E-state index contributed by atoms with van der Waals surface area (Å²) in [5.41, 5.74) is 2.31. The minimum Gasteiger partial charge on any atom is -0.466 e. The van der Waals surface area contributed by atoms with Crippen molar-refractivity contribution in [2.75, 3.05) is 25.0 Å². The first kappa shape index (κ1) is 21.0. The average molecular weight is 421 g/mol. The number of aromatic nitrogens is 2. The molecule has 0 radical (unpaired) electrons. The quantitative estimate of drug-likeness (QED) is 0.514. The van der Waals surface area contributed by atoms with Crippen LogP contribution in [0.3, 0.4) is 0 Å². The summed E-state index contributed by atoms with van der Waals surface area (Å²) in [5, 5.41) is 8.74. The fraction of sp³-hybridized carbons (Fsp3) is 0.550. The molecule has 0 saturated carbocycles. The van der Waals surface area contributed by atoms with Crippen molar-refractivity contribution >= 4 is 40.3 Å². The fourth-order valence-electron chi connectivity index (χ4n) is 3.35. The van der Waals surface area contributed by atoms with Crippen molar-refractivity contribution in [3.63, 3.8) is 0 Å². The Hall–Kier alpha value is -1.77. The van der Waals surface area contributed by atoms with E-state index in [2.05, 4.69) is 53.4 Å². The molecule has 1 aliphatic heterocycles. The Kier molecular flexibility index (Phi) is 7.20. The number of benzene rings is 1. The standard InChI is InChI=1S/C20H28N4O2S2/c1-4-26-18(25)16-6-5-11-23(12-16)13-24-20(27)28-19(22-24)21-17-9-7-15(8-10-17)14(2)3/h7-10,14,16H,4-6,11-13H2,1-3H3,(H,21,22)/t16-/m0/s1. The minimum atomic E-state index is -0.0960. The van der Waals surface area contributed by atoms with E-state index in [9.17, 15) is 4.79 Å². The highest BCUT2D eigenvalue weighted by molar-refractivity contribution is 7.73. The van der Waals surface area contributed by atoms with Crippen LogP contribution in [0, 0.1) is 9.87 Å². The van der Waals surface area contributed by atoms with Gasteiger partial charge < -0.3 is 10.1 Å². The Labute approximate surface area is 175 Å². The third-order valence-electron chi connectivity index (χ3n) is 4.89. The first-order chi connectivity index (χ1) is 13.5. The molecular weight excluding hydrogens is 392 g/mol. The molecule has 8 heteroatoms. The number of carbonyl (C=O) groups is 1.